The molecule has 0 fully saturated rings. The van der Waals surface area contributed by atoms with Crippen LogP contribution in [0.15, 0.2) is 36.4 Å². The van der Waals surface area contributed by atoms with Crippen LogP contribution in [-0.4, -0.2) is 12.5 Å². The van der Waals surface area contributed by atoms with Crippen molar-refractivity contribution in [3.8, 4) is 0 Å². The summed E-state index contributed by atoms with van der Waals surface area (Å²) >= 11 is 0. The quantitative estimate of drug-likeness (QED) is 0.892. The van der Waals surface area contributed by atoms with Gasteiger partial charge in [0.2, 0.25) is 0 Å². The first-order chi connectivity index (χ1) is 10.1. The van der Waals surface area contributed by atoms with Crippen molar-refractivity contribution in [1.29, 1.82) is 0 Å². The molecular weight excluding hydrogens is 274 g/mol. The van der Waals surface area contributed by atoms with Gasteiger partial charge in [0.15, 0.2) is 0 Å². The lowest BCUT2D eigenvalue weighted by molar-refractivity contribution is 0.102. The van der Waals surface area contributed by atoms with Gasteiger partial charge in [-0.05, 0) is 48.4 Å². The summed E-state index contributed by atoms with van der Waals surface area (Å²) in [6, 6.07) is 8.42. The van der Waals surface area contributed by atoms with E-state index in [0.29, 0.717) is 5.69 Å². The summed E-state index contributed by atoms with van der Waals surface area (Å²) in [5.74, 6) is -2.07. The van der Waals surface area contributed by atoms with Gasteiger partial charge in [-0.15, -0.1) is 0 Å². The summed E-state index contributed by atoms with van der Waals surface area (Å²) in [5, 5.41) is 5.92. The summed E-state index contributed by atoms with van der Waals surface area (Å²) in [6.07, 6.45) is 0.957. The molecule has 1 aliphatic heterocycles. The van der Waals surface area contributed by atoms with E-state index in [9.17, 15) is 13.6 Å². The number of fused-ring (bicyclic) bond motifs is 1. The average molecular weight is 288 g/mol. The summed E-state index contributed by atoms with van der Waals surface area (Å²) in [7, 11) is 0. The number of hydrogen-bond acceptors (Lipinski definition) is 2. The maximum atomic E-state index is 13.1. The first-order valence-electron chi connectivity index (χ1n) is 6.72. The Bertz CT molecular complexity index is 680. The fourth-order valence-electron chi connectivity index (χ4n) is 2.45. The third-order valence-electron chi connectivity index (χ3n) is 3.48. The molecule has 3 nitrogen and oxygen atoms in total. The molecule has 1 heterocycles. The molecule has 2 aromatic carbocycles. The average Bonchev–Trinajstić information content (AvgIpc) is 2.46. The predicted octanol–water partition coefficient (Wildman–Crippen LogP) is 2.86. The Kier molecular flexibility index (Phi) is 3.66. The number of benzene rings is 2. The van der Waals surface area contributed by atoms with Gasteiger partial charge in [0.05, 0.1) is 0 Å². The fourth-order valence-corrected chi connectivity index (χ4v) is 2.45. The minimum absolute atomic E-state index is 0.0386. The van der Waals surface area contributed by atoms with Crippen molar-refractivity contribution in [2.75, 3.05) is 11.9 Å². The molecule has 0 aliphatic carbocycles. The third kappa shape index (κ3) is 3.08. The zero-order chi connectivity index (χ0) is 14.8. The molecule has 0 radical (unpaired) electrons. The van der Waals surface area contributed by atoms with Crippen LogP contribution in [0.2, 0.25) is 0 Å². The largest absolute Gasteiger partial charge is 0.322 e. The van der Waals surface area contributed by atoms with Gasteiger partial charge in [0.25, 0.3) is 5.91 Å². The van der Waals surface area contributed by atoms with Crippen molar-refractivity contribution < 1.29 is 13.6 Å². The molecular formula is C16H14F2N2O. The molecule has 1 aliphatic rings. The first-order valence-corrected chi connectivity index (χ1v) is 6.72. The maximum Gasteiger partial charge on any atom is 0.255 e. The number of hydrogen-bond donors (Lipinski definition) is 2. The lowest BCUT2D eigenvalue weighted by Gasteiger charge is -2.18. The molecule has 2 N–H and O–H groups in total. The van der Waals surface area contributed by atoms with Crippen LogP contribution >= 0.6 is 0 Å². The first kappa shape index (κ1) is 13.7. The fraction of sp³-hybridized carbons (Fsp3) is 0.188. The third-order valence-corrected chi connectivity index (χ3v) is 3.48. The molecule has 1 amide bonds. The smallest absolute Gasteiger partial charge is 0.255 e. The zero-order valence-electron chi connectivity index (χ0n) is 11.2. The van der Waals surface area contributed by atoms with E-state index in [1.54, 1.807) is 6.07 Å². The van der Waals surface area contributed by atoms with Crippen LogP contribution in [-0.2, 0) is 13.0 Å². The Labute approximate surface area is 121 Å². The molecule has 108 valence electrons. The van der Waals surface area contributed by atoms with Gasteiger partial charge in [0.1, 0.15) is 11.6 Å². The van der Waals surface area contributed by atoms with E-state index in [4.69, 9.17) is 0 Å². The van der Waals surface area contributed by atoms with Crippen molar-refractivity contribution >= 4 is 11.6 Å². The summed E-state index contributed by atoms with van der Waals surface area (Å²) in [4.78, 5) is 12.0. The number of nitrogens with one attached hydrogen (secondary N) is 2. The second kappa shape index (κ2) is 5.61. The highest BCUT2D eigenvalue weighted by Gasteiger charge is 2.12. The highest BCUT2D eigenvalue weighted by molar-refractivity contribution is 6.04. The lowest BCUT2D eigenvalue weighted by Crippen LogP contribution is -2.23. The van der Waals surface area contributed by atoms with E-state index in [0.717, 1.165) is 43.3 Å². The van der Waals surface area contributed by atoms with Crippen molar-refractivity contribution in [3.63, 3.8) is 0 Å². The molecule has 0 saturated carbocycles. The zero-order valence-corrected chi connectivity index (χ0v) is 11.2. The van der Waals surface area contributed by atoms with Crippen LogP contribution in [0.4, 0.5) is 14.5 Å². The minimum Gasteiger partial charge on any atom is -0.322 e. The van der Waals surface area contributed by atoms with Crippen molar-refractivity contribution in [3.05, 3.63) is 64.7 Å². The van der Waals surface area contributed by atoms with Gasteiger partial charge < -0.3 is 10.6 Å². The Morgan fingerprint density at radius 1 is 1.05 bits per heavy atom. The van der Waals surface area contributed by atoms with Crippen molar-refractivity contribution in [1.82, 2.24) is 5.32 Å². The normalized spacial score (nSPS) is 13.6. The number of carbonyl (C=O) groups excluding carboxylic acids is 1. The molecule has 5 heteroatoms. The van der Waals surface area contributed by atoms with Gasteiger partial charge >= 0.3 is 0 Å². The van der Waals surface area contributed by atoms with Gasteiger partial charge in [-0.2, -0.15) is 0 Å². The van der Waals surface area contributed by atoms with E-state index >= 15 is 0 Å². The van der Waals surface area contributed by atoms with E-state index in [-0.39, 0.29) is 5.56 Å². The number of amides is 1. The van der Waals surface area contributed by atoms with Crippen LogP contribution in [0.25, 0.3) is 0 Å². The molecule has 2 aromatic rings. The highest BCUT2D eigenvalue weighted by Crippen LogP contribution is 2.20. The topological polar surface area (TPSA) is 41.1 Å². The second-order valence-corrected chi connectivity index (χ2v) is 5.02. The van der Waals surface area contributed by atoms with E-state index in [1.165, 1.54) is 5.56 Å². The van der Waals surface area contributed by atoms with E-state index in [2.05, 4.69) is 10.6 Å². The highest BCUT2D eigenvalue weighted by atomic mass is 19.1. The molecule has 0 bridgehead atoms. The van der Waals surface area contributed by atoms with Gasteiger partial charge in [0, 0.05) is 23.9 Å². The Hall–Kier alpha value is -2.27. The van der Waals surface area contributed by atoms with E-state index in [1.807, 2.05) is 12.1 Å². The Morgan fingerprint density at radius 3 is 2.57 bits per heavy atom. The van der Waals surface area contributed by atoms with E-state index < -0.39 is 17.5 Å². The number of halogens is 2. The molecule has 0 aromatic heterocycles. The summed E-state index contributed by atoms with van der Waals surface area (Å²) in [6.45, 7) is 1.70. The monoisotopic (exact) mass is 288 g/mol. The summed E-state index contributed by atoms with van der Waals surface area (Å²) in [5.41, 5.74) is 2.96. The van der Waals surface area contributed by atoms with Crippen LogP contribution in [0, 0.1) is 11.6 Å². The Morgan fingerprint density at radius 2 is 1.81 bits per heavy atom. The van der Waals surface area contributed by atoms with Crippen LogP contribution in [0.3, 0.4) is 0 Å². The summed E-state index contributed by atoms with van der Waals surface area (Å²) < 4.78 is 26.2. The lowest BCUT2D eigenvalue weighted by atomic mass is 10.0. The minimum atomic E-state index is -0.769. The molecule has 0 spiro atoms. The van der Waals surface area contributed by atoms with Gasteiger partial charge in [-0.3, -0.25) is 4.79 Å². The number of rotatable bonds is 2. The predicted molar refractivity (Wildman–Crippen MR) is 76.2 cm³/mol. The molecule has 0 unspecified atom stereocenters. The maximum absolute atomic E-state index is 13.1. The van der Waals surface area contributed by atoms with Crippen molar-refractivity contribution in [2.24, 2.45) is 0 Å². The molecule has 21 heavy (non-hydrogen) atoms. The van der Waals surface area contributed by atoms with Gasteiger partial charge in [-0.25, -0.2) is 8.78 Å². The van der Waals surface area contributed by atoms with Crippen LogP contribution in [0.1, 0.15) is 21.5 Å². The molecule has 0 atom stereocenters. The molecule has 0 saturated heterocycles. The number of carbonyl (C=O) groups is 1. The number of anilines is 1. The van der Waals surface area contributed by atoms with Crippen molar-refractivity contribution in [2.45, 2.75) is 13.0 Å². The molecule has 3 rings (SSSR count). The van der Waals surface area contributed by atoms with Gasteiger partial charge in [-0.1, -0.05) is 6.07 Å². The van der Waals surface area contributed by atoms with Crippen LogP contribution in [0.5, 0.6) is 0 Å². The Balaban J connectivity index is 1.81. The second-order valence-electron chi connectivity index (χ2n) is 5.02. The standard InChI is InChI=1S/C16H14F2N2O/c17-13-5-11(6-14(18)8-13)16(21)20-15-2-1-10-3-4-19-9-12(10)7-15/h1-2,5-8,19H,3-4,9H2,(H,20,21). The SMILES string of the molecule is O=C(Nc1ccc2c(c1)CNCC2)c1cc(F)cc(F)c1. The van der Waals surface area contributed by atoms with Crippen LogP contribution < -0.4 is 10.6 Å².